The van der Waals surface area contributed by atoms with Crippen molar-refractivity contribution in [2.75, 3.05) is 13.2 Å². The average molecular weight is 964 g/mol. The van der Waals surface area contributed by atoms with Gasteiger partial charge in [-0.15, -0.1) is 0 Å². The molecule has 0 saturated carbocycles. The lowest BCUT2D eigenvalue weighted by molar-refractivity contribution is -0.161. The van der Waals surface area contributed by atoms with Crippen molar-refractivity contribution in [3.63, 3.8) is 0 Å². The fourth-order valence-corrected chi connectivity index (χ4v) is 7.18. The van der Waals surface area contributed by atoms with E-state index in [4.69, 9.17) is 9.47 Å². The van der Waals surface area contributed by atoms with E-state index in [1.165, 1.54) is 57.8 Å². The number of hydrogen-bond acceptors (Lipinski definition) is 5. The van der Waals surface area contributed by atoms with Crippen LogP contribution in [-0.4, -0.2) is 36.4 Å². The Morgan fingerprint density at radius 3 is 0.857 bits per heavy atom. The molecular weight excluding hydrogens is 861 g/mol. The van der Waals surface area contributed by atoms with Gasteiger partial charge in [0.25, 0.3) is 0 Å². The lowest BCUT2D eigenvalue weighted by atomic mass is 10.1. The Labute approximate surface area is 430 Å². The summed E-state index contributed by atoms with van der Waals surface area (Å²) < 4.78 is 10.7. The Morgan fingerprint density at radius 2 is 0.571 bits per heavy atom. The van der Waals surface area contributed by atoms with Crippen LogP contribution in [0.1, 0.15) is 219 Å². The zero-order valence-corrected chi connectivity index (χ0v) is 44.7. The molecule has 0 spiro atoms. The molecule has 0 bridgehead atoms. The van der Waals surface area contributed by atoms with Crippen LogP contribution >= 0.6 is 0 Å². The maximum Gasteiger partial charge on any atom is 0.306 e. The van der Waals surface area contributed by atoms with Crippen molar-refractivity contribution in [3.8, 4) is 0 Å². The van der Waals surface area contributed by atoms with Crippen LogP contribution in [0.4, 0.5) is 0 Å². The number of allylic oxidation sites excluding steroid dienone is 26. The molecule has 0 rings (SSSR count). The Morgan fingerprint density at radius 1 is 0.329 bits per heavy atom. The number of hydrogen-bond donors (Lipinski definition) is 1. The van der Waals surface area contributed by atoms with E-state index >= 15 is 0 Å². The van der Waals surface area contributed by atoms with Gasteiger partial charge in [0.1, 0.15) is 6.61 Å². The third-order valence-corrected chi connectivity index (χ3v) is 11.3. The normalized spacial score (nSPS) is 13.5. The van der Waals surface area contributed by atoms with E-state index < -0.39 is 6.10 Å². The van der Waals surface area contributed by atoms with Gasteiger partial charge in [-0.3, -0.25) is 9.59 Å². The molecule has 0 aromatic rings. The van der Waals surface area contributed by atoms with Crippen molar-refractivity contribution in [2.45, 2.75) is 225 Å². The SMILES string of the molecule is CC/C=C\C/C=C\C/C=C\C/C=C\C/C=C\C/C=C\C/C=C\C/C=C\CCCCCCCCCCC(=O)OC(CO)COC(=O)CCCCCCCCC/C=C\C/C=C\C/C=C\C/C=C\C/C=C\CC. The van der Waals surface area contributed by atoms with Crippen LogP contribution in [0.25, 0.3) is 0 Å². The van der Waals surface area contributed by atoms with Gasteiger partial charge in [-0.05, 0) is 122 Å². The van der Waals surface area contributed by atoms with Gasteiger partial charge in [0.2, 0.25) is 0 Å². The fraction of sp³-hybridized carbons (Fsp3) is 0.569. The molecule has 1 unspecified atom stereocenters. The summed E-state index contributed by atoms with van der Waals surface area (Å²) in [4.78, 5) is 24.5. The Hall–Kier alpha value is -4.48. The van der Waals surface area contributed by atoms with E-state index in [-0.39, 0.29) is 25.2 Å². The highest BCUT2D eigenvalue weighted by atomic mass is 16.6. The molecule has 0 aliphatic heterocycles. The van der Waals surface area contributed by atoms with E-state index in [2.05, 4.69) is 172 Å². The first kappa shape index (κ1) is 65.5. The zero-order chi connectivity index (χ0) is 50.6. The highest BCUT2D eigenvalue weighted by Gasteiger charge is 2.16. The highest BCUT2D eigenvalue weighted by molar-refractivity contribution is 5.70. The molecule has 0 heterocycles. The van der Waals surface area contributed by atoms with Crippen molar-refractivity contribution in [1.29, 1.82) is 0 Å². The molecule has 0 aromatic heterocycles. The summed E-state index contributed by atoms with van der Waals surface area (Å²) in [6.45, 7) is 3.89. The van der Waals surface area contributed by atoms with Crippen molar-refractivity contribution in [2.24, 2.45) is 0 Å². The number of rotatable bonds is 49. The third kappa shape index (κ3) is 56.1. The summed E-state index contributed by atoms with van der Waals surface area (Å²) in [6, 6.07) is 0. The van der Waals surface area contributed by atoms with Gasteiger partial charge in [-0.2, -0.15) is 0 Å². The summed E-state index contributed by atoms with van der Waals surface area (Å²) in [5.41, 5.74) is 0. The Bertz CT molecular complexity index is 1560. The summed E-state index contributed by atoms with van der Waals surface area (Å²) in [6.07, 6.45) is 90.5. The van der Waals surface area contributed by atoms with Crippen LogP contribution in [0, 0.1) is 0 Å². The van der Waals surface area contributed by atoms with Gasteiger partial charge < -0.3 is 14.6 Å². The minimum atomic E-state index is -0.795. The average Bonchev–Trinajstić information content (AvgIpc) is 3.36. The summed E-state index contributed by atoms with van der Waals surface area (Å²) in [5, 5.41) is 9.65. The molecule has 1 N–H and O–H groups in total. The van der Waals surface area contributed by atoms with Gasteiger partial charge in [0.05, 0.1) is 6.61 Å². The zero-order valence-electron chi connectivity index (χ0n) is 44.7. The number of carbonyl (C=O) groups is 2. The standard InChI is InChI=1S/C65H102O5/c1-3-5-7-9-11-13-15-17-19-21-23-25-27-28-29-30-31-32-33-34-35-36-38-40-42-44-46-48-50-52-54-56-58-60-65(68)70-63(61-66)62-69-64(67)59-57-55-53-51-49-47-45-43-41-39-37-26-24-22-20-18-16-14-12-10-8-6-4-2/h5-8,11-14,17-20,23-26,28-29,31-32,34-35,38-41,63,66H,3-4,9-10,15-16,21-22,27,30,33,36-37,42-62H2,1-2H3/b7-5-,8-6-,13-11-,14-12-,19-17-,20-18-,25-23-,26-24-,29-28-,32-31-,35-34-,40-38-,41-39-. The van der Waals surface area contributed by atoms with E-state index in [0.29, 0.717) is 12.8 Å². The largest absolute Gasteiger partial charge is 0.462 e. The number of aliphatic hydroxyl groups excluding tert-OH is 1. The number of aliphatic hydroxyl groups is 1. The molecule has 0 fully saturated rings. The molecule has 392 valence electrons. The number of esters is 2. The van der Waals surface area contributed by atoms with Crippen LogP contribution in [0.15, 0.2) is 158 Å². The number of carbonyl (C=O) groups excluding carboxylic acids is 2. The first-order valence-corrected chi connectivity index (χ1v) is 28.0. The smallest absolute Gasteiger partial charge is 0.306 e. The quantitative estimate of drug-likeness (QED) is 0.0374. The van der Waals surface area contributed by atoms with Crippen molar-refractivity contribution < 1.29 is 24.2 Å². The molecule has 0 aliphatic carbocycles. The molecular formula is C65H102O5. The predicted octanol–water partition coefficient (Wildman–Crippen LogP) is 19.2. The molecule has 0 aromatic carbocycles. The van der Waals surface area contributed by atoms with E-state index in [1.54, 1.807) is 0 Å². The van der Waals surface area contributed by atoms with Gasteiger partial charge in [0.15, 0.2) is 6.10 Å². The Balaban J connectivity index is 3.62. The monoisotopic (exact) mass is 963 g/mol. The van der Waals surface area contributed by atoms with E-state index in [1.807, 2.05) is 0 Å². The molecule has 0 saturated heterocycles. The minimum Gasteiger partial charge on any atom is -0.462 e. The molecule has 5 heteroatoms. The molecule has 1 atom stereocenters. The van der Waals surface area contributed by atoms with Crippen LogP contribution in [0.5, 0.6) is 0 Å². The lowest BCUT2D eigenvalue weighted by Gasteiger charge is -2.15. The second kappa shape index (κ2) is 58.8. The number of unbranched alkanes of at least 4 members (excludes halogenated alkanes) is 15. The summed E-state index contributed by atoms with van der Waals surface area (Å²) >= 11 is 0. The minimum absolute atomic E-state index is 0.0858. The van der Waals surface area contributed by atoms with Crippen LogP contribution in [-0.2, 0) is 19.1 Å². The first-order valence-electron chi connectivity index (χ1n) is 28.0. The highest BCUT2D eigenvalue weighted by Crippen LogP contribution is 2.13. The molecule has 0 amide bonds. The van der Waals surface area contributed by atoms with Crippen molar-refractivity contribution in [1.82, 2.24) is 0 Å². The van der Waals surface area contributed by atoms with Crippen LogP contribution in [0.3, 0.4) is 0 Å². The predicted molar refractivity (Wildman–Crippen MR) is 306 cm³/mol. The molecule has 70 heavy (non-hydrogen) atoms. The first-order chi connectivity index (χ1) is 34.6. The molecule has 0 aliphatic rings. The Kier molecular flexibility index (Phi) is 55.1. The topological polar surface area (TPSA) is 72.8 Å². The molecule has 0 radical (unpaired) electrons. The molecule has 5 nitrogen and oxygen atoms in total. The van der Waals surface area contributed by atoms with Gasteiger partial charge in [0, 0.05) is 12.8 Å². The van der Waals surface area contributed by atoms with Crippen LogP contribution in [0.2, 0.25) is 0 Å². The second-order valence-corrected chi connectivity index (χ2v) is 17.9. The second-order valence-electron chi connectivity index (χ2n) is 17.9. The van der Waals surface area contributed by atoms with E-state index in [9.17, 15) is 14.7 Å². The lowest BCUT2D eigenvalue weighted by Crippen LogP contribution is -2.28. The number of ether oxygens (including phenoxy) is 2. The van der Waals surface area contributed by atoms with Gasteiger partial charge in [-0.25, -0.2) is 0 Å². The van der Waals surface area contributed by atoms with Crippen molar-refractivity contribution >= 4 is 11.9 Å². The fourth-order valence-electron chi connectivity index (χ4n) is 7.18. The van der Waals surface area contributed by atoms with E-state index in [0.717, 1.165) is 135 Å². The van der Waals surface area contributed by atoms with Gasteiger partial charge >= 0.3 is 11.9 Å². The maximum atomic E-state index is 12.3. The van der Waals surface area contributed by atoms with Gasteiger partial charge in [-0.1, -0.05) is 242 Å². The maximum absolute atomic E-state index is 12.3. The van der Waals surface area contributed by atoms with Crippen molar-refractivity contribution in [3.05, 3.63) is 158 Å². The summed E-state index contributed by atoms with van der Waals surface area (Å²) in [7, 11) is 0. The third-order valence-electron chi connectivity index (χ3n) is 11.3. The summed E-state index contributed by atoms with van der Waals surface area (Å²) in [5.74, 6) is -0.624. The van der Waals surface area contributed by atoms with Crippen LogP contribution < -0.4 is 0 Å².